The first kappa shape index (κ1) is 17.5. The molecule has 3 rings (SSSR count). The number of nitrogens with one attached hydrogen (secondary N) is 1. The van der Waals surface area contributed by atoms with Crippen molar-refractivity contribution in [3.05, 3.63) is 65.2 Å². The molecule has 0 saturated carbocycles. The lowest BCUT2D eigenvalue weighted by atomic mass is 10.1. The van der Waals surface area contributed by atoms with Gasteiger partial charge in [0.05, 0.1) is 10.5 Å². The van der Waals surface area contributed by atoms with Crippen molar-refractivity contribution in [1.82, 2.24) is 4.98 Å². The number of nitrogens with zero attached hydrogens (tertiary/aromatic N) is 1. The van der Waals surface area contributed by atoms with Crippen LogP contribution in [0.2, 0.25) is 0 Å². The zero-order valence-corrected chi connectivity index (χ0v) is 15.6. The van der Waals surface area contributed by atoms with Gasteiger partial charge in [0, 0.05) is 23.2 Å². The molecule has 0 unspecified atom stereocenters. The SMILES string of the molecule is Cc1ccc(C)c(NC(=O)CCSc2cc(C)c3ccccc3n2)c1. The summed E-state index contributed by atoms with van der Waals surface area (Å²) in [7, 11) is 0. The van der Waals surface area contributed by atoms with Gasteiger partial charge in [-0.05, 0) is 55.7 Å². The summed E-state index contributed by atoms with van der Waals surface area (Å²) in [5, 5.41) is 5.15. The van der Waals surface area contributed by atoms with Crippen LogP contribution in [-0.2, 0) is 4.79 Å². The van der Waals surface area contributed by atoms with Crippen LogP contribution in [-0.4, -0.2) is 16.6 Å². The molecule has 1 heterocycles. The summed E-state index contributed by atoms with van der Waals surface area (Å²) in [5.74, 6) is 0.750. The second-order valence-corrected chi connectivity index (χ2v) is 7.37. The van der Waals surface area contributed by atoms with Gasteiger partial charge in [0.25, 0.3) is 0 Å². The monoisotopic (exact) mass is 350 g/mol. The fraction of sp³-hybridized carbons (Fsp3) is 0.238. The van der Waals surface area contributed by atoms with Gasteiger partial charge in [-0.1, -0.05) is 30.3 Å². The van der Waals surface area contributed by atoms with Crippen molar-refractivity contribution in [3.8, 4) is 0 Å². The first-order valence-corrected chi connectivity index (χ1v) is 9.38. The molecule has 1 N–H and O–H groups in total. The number of pyridine rings is 1. The summed E-state index contributed by atoms with van der Waals surface area (Å²) in [6.07, 6.45) is 0.464. The van der Waals surface area contributed by atoms with Crippen LogP contribution in [0.1, 0.15) is 23.1 Å². The van der Waals surface area contributed by atoms with Crippen LogP contribution < -0.4 is 5.32 Å². The van der Waals surface area contributed by atoms with Gasteiger partial charge in [-0.3, -0.25) is 4.79 Å². The van der Waals surface area contributed by atoms with E-state index in [1.807, 2.05) is 44.2 Å². The van der Waals surface area contributed by atoms with E-state index in [2.05, 4.69) is 35.4 Å². The van der Waals surface area contributed by atoms with Crippen LogP contribution in [0.25, 0.3) is 10.9 Å². The van der Waals surface area contributed by atoms with E-state index in [9.17, 15) is 4.79 Å². The highest BCUT2D eigenvalue weighted by atomic mass is 32.2. The highest BCUT2D eigenvalue weighted by molar-refractivity contribution is 7.99. The van der Waals surface area contributed by atoms with Crippen molar-refractivity contribution in [2.45, 2.75) is 32.2 Å². The summed E-state index contributed by atoms with van der Waals surface area (Å²) >= 11 is 1.62. The number of anilines is 1. The first-order chi connectivity index (χ1) is 12.0. The maximum absolute atomic E-state index is 12.2. The Morgan fingerprint density at radius 1 is 1.04 bits per heavy atom. The molecule has 25 heavy (non-hydrogen) atoms. The molecule has 4 heteroatoms. The van der Waals surface area contributed by atoms with Crippen molar-refractivity contribution in [3.63, 3.8) is 0 Å². The Bertz CT molecular complexity index is 921. The molecule has 0 aliphatic heterocycles. The van der Waals surface area contributed by atoms with Gasteiger partial charge in [0.15, 0.2) is 0 Å². The van der Waals surface area contributed by atoms with Gasteiger partial charge in [0.2, 0.25) is 5.91 Å². The van der Waals surface area contributed by atoms with Gasteiger partial charge < -0.3 is 5.32 Å². The van der Waals surface area contributed by atoms with Crippen molar-refractivity contribution in [2.24, 2.45) is 0 Å². The summed E-state index contributed by atoms with van der Waals surface area (Å²) in [6.45, 7) is 6.13. The van der Waals surface area contributed by atoms with E-state index in [1.54, 1.807) is 11.8 Å². The molecule has 3 aromatic rings. The second-order valence-electron chi connectivity index (χ2n) is 6.26. The standard InChI is InChI=1S/C21H22N2OS/c1-14-8-9-15(2)19(12-14)22-20(24)10-11-25-21-13-16(3)17-6-4-5-7-18(17)23-21/h4-9,12-13H,10-11H2,1-3H3,(H,22,24). The number of carbonyl (C=O) groups excluding carboxylic acids is 1. The van der Waals surface area contributed by atoms with E-state index in [4.69, 9.17) is 0 Å². The van der Waals surface area contributed by atoms with Gasteiger partial charge >= 0.3 is 0 Å². The minimum atomic E-state index is 0.0405. The molecular weight excluding hydrogens is 328 g/mol. The highest BCUT2D eigenvalue weighted by Gasteiger charge is 2.07. The third kappa shape index (κ3) is 4.40. The molecule has 0 atom stereocenters. The lowest BCUT2D eigenvalue weighted by Gasteiger charge is -2.09. The quantitative estimate of drug-likeness (QED) is 0.637. The number of aryl methyl sites for hydroxylation is 3. The molecule has 1 aromatic heterocycles. The van der Waals surface area contributed by atoms with Crippen molar-refractivity contribution in [2.75, 3.05) is 11.1 Å². The minimum absolute atomic E-state index is 0.0405. The van der Waals surface area contributed by atoms with Crippen LogP contribution in [0.3, 0.4) is 0 Å². The zero-order chi connectivity index (χ0) is 17.8. The van der Waals surface area contributed by atoms with E-state index < -0.39 is 0 Å². The average Bonchev–Trinajstić information content (AvgIpc) is 2.58. The number of rotatable bonds is 5. The molecule has 0 spiro atoms. The van der Waals surface area contributed by atoms with Gasteiger partial charge in [-0.2, -0.15) is 0 Å². The van der Waals surface area contributed by atoms with Crippen molar-refractivity contribution < 1.29 is 4.79 Å². The molecule has 0 aliphatic rings. The lowest BCUT2D eigenvalue weighted by molar-refractivity contribution is -0.115. The third-order valence-electron chi connectivity index (χ3n) is 4.15. The molecule has 3 nitrogen and oxygen atoms in total. The molecule has 2 aromatic carbocycles. The normalized spacial score (nSPS) is 10.8. The first-order valence-electron chi connectivity index (χ1n) is 8.39. The summed E-state index contributed by atoms with van der Waals surface area (Å²) < 4.78 is 0. The number of fused-ring (bicyclic) bond motifs is 1. The summed E-state index contributed by atoms with van der Waals surface area (Å²) in [5.41, 5.74) is 5.34. The van der Waals surface area contributed by atoms with Gasteiger partial charge in [-0.25, -0.2) is 4.98 Å². The third-order valence-corrected chi connectivity index (χ3v) is 5.06. The molecule has 0 bridgehead atoms. The van der Waals surface area contributed by atoms with Gasteiger partial charge in [-0.15, -0.1) is 11.8 Å². The lowest BCUT2D eigenvalue weighted by Crippen LogP contribution is -2.13. The Morgan fingerprint density at radius 2 is 1.84 bits per heavy atom. The number of para-hydroxylation sites is 1. The minimum Gasteiger partial charge on any atom is -0.326 e. The number of carbonyl (C=O) groups is 1. The van der Waals surface area contributed by atoms with Gasteiger partial charge in [0.1, 0.15) is 0 Å². The van der Waals surface area contributed by atoms with E-state index in [0.29, 0.717) is 12.2 Å². The second kappa shape index (κ2) is 7.70. The summed E-state index contributed by atoms with van der Waals surface area (Å²) in [4.78, 5) is 16.9. The van der Waals surface area contributed by atoms with E-state index in [1.165, 1.54) is 10.9 Å². The number of hydrogen-bond acceptors (Lipinski definition) is 3. The maximum atomic E-state index is 12.2. The fourth-order valence-electron chi connectivity index (χ4n) is 2.72. The Labute approximate surface area is 152 Å². The van der Waals surface area contributed by atoms with Crippen LogP contribution in [0.5, 0.6) is 0 Å². The Kier molecular flexibility index (Phi) is 5.39. The number of hydrogen-bond donors (Lipinski definition) is 1. The van der Waals surface area contributed by atoms with Crippen LogP contribution >= 0.6 is 11.8 Å². The number of aromatic nitrogens is 1. The number of benzene rings is 2. The van der Waals surface area contributed by atoms with E-state index in [0.717, 1.165) is 27.4 Å². The number of amides is 1. The maximum Gasteiger partial charge on any atom is 0.225 e. The predicted octanol–water partition coefficient (Wildman–Crippen LogP) is 5.28. The fourth-order valence-corrected chi connectivity index (χ4v) is 3.64. The Balaban J connectivity index is 1.59. The molecule has 1 amide bonds. The Hall–Kier alpha value is -2.33. The van der Waals surface area contributed by atoms with Crippen LogP contribution in [0.4, 0.5) is 5.69 Å². The molecule has 0 aliphatic carbocycles. The molecule has 128 valence electrons. The highest BCUT2D eigenvalue weighted by Crippen LogP contribution is 2.24. The zero-order valence-electron chi connectivity index (χ0n) is 14.8. The predicted molar refractivity (Wildman–Crippen MR) is 106 cm³/mol. The molecule has 0 fully saturated rings. The van der Waals surface area contributed by atoms with Crippen molar-refractivity contribution in [1.29, 1.82) is 0 Å². The van der Waals surface area contributed by atoms with E-state index >= 15 is 0 Å². The van der Waals surface area contributed by atoms with Crippen LogP contribution in [0.15, 0.2) is 53.6 Å². The molecule has 0 radical (unpaired) electrons. The topological polar surface area (TPSA) is 42.0 Å². The molecular formula is C21H22N2OS. The molecule has 0 saturated heterocycles. The average molecular weight is 350 g/mol. The van der Waals surface area contributed by atoms with Crippen molar-refractivity contribution >= 4 is 34.3 Å². The summed E-state index contributed by atoms with van der Waals surface area (Å²) in [6, 6.07) is 16.3. The smallest absolute Gasteiger partial charge is 0.225 e. The number of thioether (sulfide) groups is 1. The van der Waals surface area contributed by atoms with Crippen LogP contribution in [0, 0.1) is 20.8 Å². The Morgan fingerprint density at radius 3 is 2.68 bits per heavy atom. The van der Waals surface area contributed by atoms with E-state index in [-0.39, 0.29) is 5.91 Å². The largest absolute Gasteiger partial charge is 0.326 e.